The van der Waals surface area contributed by atoms with Crippen molar-refractivity contribution in [3.63, 3.8) is 0 Å². The molecule has 0 heterocycles. The Bertz CT molecular complexity index is 721. The molecule has 0 unspecified atom stereocenters. The molecular formula is C20H28IN3O3. The zero-order chi connectivity index (χ0) is 18.8. The van der Waals surface area contributed by atoms with E-state index in [9.17, 15) is 5.11 Å². The van der Waals surface area contributed by atoms with E-state index in [2.05, 4.69) is 15.6 Å². The van der Waals surface area contributed by atoms with Crippen molar-refractivity contribution in [2.45, 2.75) is 19.4 Å². The minimum absolute atomic E-state index is 0. The molecule has 6 nitrogen and oxygen atoms in total. The molecule has 2 aromatic rings. The molecule has 0 saturated carbocycles. The highest BCUT2D eigenvalue weighted by molar-refractivity contribution is 14.0. The summed E-state index contributed by atoms with van der Waals surface area (Å²) < 4.78 is 10.6. The fourth-order valence-electron chi connectivity index (χ4n) is 2.56. The van der Waals surface area contributed by atoms with Gasteiger partial charge in [-0.15, -0.1) is 24.0 Å². The number of hydrogen-bond donors (Lipinski definition) is 3. The molecule has 0 radical (unpaired) electrons. The Labute approximate surface area is 178 Å². The van der Waals surface area contributed by atoms with Crippen LogP contribution in [0.5, 0.6) is 17.2 Å². The van der Waals surface area contributed by atoms with Gasteiger partial charge in [-0.3, -0.25) is 4.99 Å². The molecule has 0 aliphatic carbocycles. The molecule has 3 N–H and O–H groups in total. The van der Waals surface area contributed by atoms with Crippen molar-refractivity contribution in [2.24, 2.45) is 4.99 Å². The monoisotopic (exact) mass is 485 g/mol. The number of guanidine groups is 1. The summed E-state index contributed by atoms with van der Waals surface area (Å²) >= 11 is 0. The molecular weight excluding hydrogens is 457 g/mol. The fourth-order valence-corrected chi connectivity index (χ4v) is 2.56. The molecule has 0 spiro atoms. The van der Waals surface area contributed by atoms with Crippen LogP contribution in [0.4, 0.5) is 0 Å². The summed E-state index contributed by atoms with van der Waals surface area (Å²) in [7, 11) is 5.03. The number of aromatic hydroxyl groups is 1. The molecule has 0 aliphatic rings. The van der Waals surface area contributed by atoms with Gasteiger partial charge in [0.1, 0.15) is 17.2 Å². The van der Waals surface area contributed by atoms with E-state index in [1.807, 2.05) is 30.3 Å². The second kappa shape index (κ2) is 12.3. The number of halogens is 1. The molecule has 2 rings (SSSR count). The standard InChI is InChI=1S/C20H27N3O3.HI/c1-21-20(22-12-4-5-15-6-9-17(24)10-7-15)23-14-16-8-11-18(25-2)13-19(16)26-3;/h6-11,13,24H,4-5,12,14H2,1-3H3,(H2,21,22,23);1H. The first kappa shape index (κ1) is 22.9. The fraction of sp³-hybridized carbons (Fsp3) is 0.350. The van der Waals surface area contributed by atoms with E-state index < -0.39 is 0 Å². The van der Waals surface area contributed by atoms with Gasteiger partial charge < -0.3 is 25.2 Å². The molecule has 0 saturated heterocycles. The Morgan fingerprint density at radius 3 is 2.41 bits per heavy atom. The lowest BCUT2D eigenvalue weighted by atomic mass is 10.1. The van der Waals surface area contributed by atoms with E-state index in [0.717, 1.165) is 42.4 Å². The predicted molar refractivity (Wildman–Crippen MR) is 120 cm³/mol. The SMILES string of the molecule is CN=C(NCCCc1ccc(O)cc1)NCc1ccc(OC)cc1OC.I. The number of nitrogens with one attached hydrogen (secondary N) is 2. The summed E-state index contributed by atoms with van der Waals surface area (Å²) in [5.74, 6) is 2.58. The van der Waals surface area contributed by atoms with Gasteiger partial charge in [0.25, 0.3) is 0 Å². The number of rotatable bonds is 8. The molecule has 0 aromatic heterocycles. The van der Waals surface area contributed by atoms with Crippen LogP contribution in [0.2, 0.25) is 0 Å². The van der Waals surface area contributed by atoms with E-state index in [0.29, 0.717) is 12.3 Å². The van der Waals surface area contributed by atoms with Crippen molar-refractivity contribution in [2.75, 3.05) is 27.8 Å². The van der Waals surface area contributed by atoms with Crippen molar-refractivity contribution >= 4 is 29.9 Å². The third-order valence-electron chi connectivity index (χ3n) is 4.04. The topological polar surface area (TPSA) is 75.1 Å². The van der Waals surface area contributed by atoms with Gasteiger partial charge in [-0.05, 0) is 42.7 Å². The first-order valence-corrected chi connectivity index (χ1v) is 8.59. The number of aryl methyl sites for hydroxylation is 1. The summed E-state index contributed by atoms with van der Waals surface area (Å²) in [6.45, 7) is 1.41. The van der Waals surface area contributed by atoms with E-state index in [1.165, 1.54) is 5.56 Å². The van der Waals surface area contributed by atoms with Crippen LogP contribution in [0, 0.1) is 0 Å². The van der Waals surface area contributed by atoms with Crippen LogP contribution in [-0.4, -0.2) is 38.9 Å². The quantitative estimate of drug-likeness (QED) is 0.232. The Hall–Kier alpha value is -2.16. The molecule has 0 fully saturated rings. The Morgan fingerprint density at radius 2 is 1.78 bits per heavy atom. The van der Waals surface area contributed by atoms with Gasteiger partial charge in [0, 0.05) is 31.8 Å². The van der Waals surface area contributed by atoms with Crippen molar-refractivity contribution in [3.05, 3.63) is 53.6 Å². The van der Waals surface area contributed by atoms with Gasteiger partial charge in [-0.25, -0.2) is 0 Å². The summed E-state index contributed by atoms with van der Waals surface area (Å²) in [6.07, 6.45) is 1.91. The molecule has 0 aliphatic heterocycles. The van der Waals surface area contributed by atoms with Gasteiger partial charge in [0.15, 0.2) is 5.96 Å². The third-order valence-corrected chi connectivity index (χ3v) is 4.04. The van der Waals surface area contributed by atoms with Crippen LogP contribution in [0.3, 0.4) is 0 Å². The number of nitrogens with zero attached hydrogens (tertiary/aromatic N) is 1. The minimum atomic E-state index is 0. The number of ether oxygens (including phenoxy) is 2. The van der Waals surface area contributed by atoms with Gasteiger partial charge in [-0.2, -0.15) is 0 Å². The highest BCUT2D eigenvalue weighted by Gasteiger charge is 2.06. The maximum Gasteiger partial charge on any atom is 0.191 e. The maximum absolute atomic E-state index is 9.30. The second-order valence-corrected chi connectivity index (χ2v) is 5.80. The van der Waals surface area contributed by atoms with Gasteiger partial charge in [-0.1, -0.05) is 12.1 Å². The summed E-state index contributed by atoms with van der Waals surface area (Å²) in [5, 5.41) is 15.9. The van der Waals surface area contributed by atoms with Crippen LogP contribution in [-0.2, 0) is 13.0 Å². The summed E-state index contributed by atoms with van der Waals surface area (Å²) in [6, 6.07) is 13.1. The number of hydrogen-bond acceptors (Lipinski definition) is 4. The summed E-state index contributed by atoms with van der Waals surface area (Å²) in [5.41, 5.74) is 2.23. The van der Waals surface area contributed by atoms with Crippen LogP contribution in [0.15, 0.2) is 47.5 Å². The third kappa shape index (κ3) is 7.54. The lowest BCUT2D eigenvalue weighted by Crippen LogP contribution is -2.37. The normalized spacial score (nSPS) is 10.7. The van der Waals surface area contributed by atoms with Crippen molar-refractivity contribution in [3.8, 4) is 17.2 Å². The molecule has 0 bridgehead atoms. The van der Waals surface area contributed by atoms with Crippen LogP contribution in [0.25, 0.3) is 0 Å². The Morgan fingerprint density at radius 1 is 1.04 bits per heavy atom. The zero-order valence-corrected chi connectivity index (χ0v) is 18.3. The Balaban J connectivity index is 0.00000364. The lowest BCUT2D eigenvalue weighted by Gasteiger charge is -2.14. The largest absolute Gasteiger partial charge is 0.508 e. The first-order chi connectivity index (χ1) is 12.7. The average Bonchev–Trinajstić information content (AvgIpc) is 2.68. The maximum atomic E-state index is 9.30. The number of methoxy groups -OCH3 is 2. The number of phenolic OH excluding ortho intramolecular Hbond substituents is 1. The number of benzene rings is 2. The van der Waals surface area contributed by atoms with Gasteiger partial charge >= 0.3 is 0 Å². The Kier molecular flexibility index (Phi) is 10.4. The molecule has 0 amide bonds. The van der Waals surface area contributed by atoms with Crippen LogP contribution < -0.4 is 20.1 Å². The molecule has 148 valence electrons. The smallest absolute Gasteiger partial charge is 0.191 e. The van der Waals surface area contributed by atoms with Gasteiger partial charge in [0.05, 0.1) is 14.2 Å². The van der Waals surface area contributed by atoms with Gasteiger partial charge in [0.2, 0.25) is 0 Å². The van der Waals surface area contributed by atoms with Crippen LogP contribution >= 0.6 is 24.0 Å². The minimum Gasteiger partial charge on any atom is -0.508 e. The predicted octanol–water partition coefficient (Wildman–Crippen LogP) is 3.33. The molecule has 2 aromatic carbocycles. The van der Waals surface area contributed by atoms with E-state index in [-0.39, 0.29) is 24.0 Å². The van der Waals surface area contributed by atoms with E-state index in [4.69, 9.17) is 9.47 Å². The molecule has 0 atom stereocenters. The average molecular weight is 485 g/mol. The van der Waals surface area contributed by atoms with E-state index >= 15 is 0 Å². The highest BCUT2D eigenvalue weighted by atomic mass is 127. The van der Waals surface area contributed by atoms with Crippen molar-refractivity contribution < 1.29 is 14.6 Å². The van der Waals surface area contributed by atoms with Crippen molar-refractivity contribution in [1.82, 2.24) is 10.6 Å². The molecule has 7 heteroatoms. The lowest BCUT2D eigenvalue weighted by molar-refractivity contribution is 0.390. The second-order valence-electron chi connectivity index (χ2n) is 5.80. The number of aliphatic imine (C=N–C) groups is 1. The van der Waals surface area contributed by atoms with E-state index in [1.54, 1.807) is 33.4 Å². The zero-order valence-electron chi connectivity index (χ0n) is 16.0. The number of phenols is 1. The summed E-state index contributed by atoms with van der Waals surface area (Å²) in [4.78, 5) is 4.24. The first-order valence-electron chi connectivity index (χ1n) is 8.59. The molecule has 27 heavy (non-hydrogen) atoms. The highest BCUT2D eigenvalue weighted by Crippen LogP contribution is 2.24. The van der Waals surface area contributed by atoms with Crippen molar-refractivity contribution in [1.29, 1.82) is 0 Å². The van der Waals surface area contributed by atoms with Crippen LogP contribution in [0.1, 0.15) is 17.5 Å².